The number of benzene rings is 3. The fraction of sp³-hybridized carbons (Fsp3) is 0.207. The number of carbonyl (C=O) groups is 1. The van der Waals surface area contributed by atoms with Gasteiger partial charge >= 0.3 is 12.1 Å². The highest BCUT2D eigenvalue weighted by Gasteiger charge is 2.64. The minimum atomic E-state index is -5.05. The number of fused-ring (bicyclic) bond motifs is 1. The lowest BCUT2D eigenvalue weighted by atomic mass is 9.81. The standard InChI is InChI=1S/C29H25F3N4O4/c1-4-39-26(37)24-23-25(36(35-24)21-8-6-5-7-9-21)40-27(33-20-14-10-18(2)11-15-20)34-28(23,29(30,31)32)19-12-16-22(38-3)17-13-19/h5-17H,4H2,1-3H3,(H,33,34). The summed E-state index contributed by atoms with van der Waals surface area (Å²) in [5.74, 6) is -1.02. The number of hydrogen-bond acceptors (Lipinski definition) is 7. The molecule has 1 aromatic heterocycles. The number of methoxy groups -OCH3 is 1. The van der Waals surface area contributed by atoms with Crippen molar-refractivity contribution in [2.45, 2.75) is 25.6 Å². The number of alkyl halides is 3. The smallest absolute Gasteiger partial charge is 0.422 e. The van der Waals surface area contributed by atoms with E-state index >= 15 is 13.2 Å². The van der Waals surface area contributed by atoms with Gasteiger partial charge in [0.1, 0.15) is 5.75 Å². The lowest BCUT2D eigenvalue weighted by Crippen LogP contribution is -2.47. The van der Waals surface area contributed by atoms with Crippen molar-refractivity contribution >= 4 is 17.7 Å². The highest BCUT2D eigenvalue weighted by atomic mass is 19.4. The van der Waals surface area contributed by atoms with Gasteiger partial charge in [-0.25, -0.2) is 9.79 Å². The van der Waals surface area contributed by atoms with E-state index in [0.29, 0.717) is 17.1 Å². The van der Waals surface area contributed by atoms with Gasteiger partial charge in [0.25, 0.3) is 6.02 Å². The van der Waals surface area contributed by atoms with E-state index in [1.165, 1.54) is 31.4 Å². The van der Waals surface area contributed by atoms with Crippen LogP contribution in [0, 0.1) is 6.92 Å². The molecular formula is C29H25F3N4O4. The number of nitrogens with one attached hydrogen (secondary N) is 1. The first-order valence-corrected chi connectivity index (χ1v) is 12.4. The second-order valence-corrected chi connectivity index (χ2v) is 8.94. The highest BCUT2D eigenvalue weighted by Crippen LogP contribution is 2.54. The van der Waals surface area contributed by atoms with Gasteiger partial charge in [-0.2, -0.15) is 23.0 Å². The minimum absolute atomic E-state index is 0.0717. The normalized spacial score (nSPS) is 16.4. The number of aryl methyl sites for hydroxylation is 1. The number of rotatable bonds is 6. The average Bonchev–Trinajstić information content (AvgIpc) is 3.34. The van der Waals surface area contributed by atoms with Crippen LogP contribution >= 0.6 is 0 Å². The van der Waals surface area contributed by atoms with Crippen LogP contribution in [0.25, 0.3) is 5.69 Å². The van der Waals surface area contributed by atoms with Crippen LogP contribution in [0.5, 0.6) is 11.6 Å². The van der Waals surface area contributed by atoms with Crippen molar-refractivity contribution in [3.05, 3.63) is 101 Å². The number of nitrogens with zero attached hydrogens (tertiary/aromatic N) is 3. The second-order valence-electron chi connectivity index (χ2n) is 8.94. The third-order valence-electron chi connectivity index (χ3n) is 6.36. The quantitative estimate of drug-likeness (QED) is 0.295. The molecule has 0 aliphatic carbocycles. The van der Waals surface area contributed by atoms with Crippen molar-refractivity contribution in [2.24, 2.45) is 4.99 Å². The van der Waals surface area contributed by atoms with Gasteiger partial charge in [-0.05, 0) is 55.8 Å². The van der Waals surface area contributed by atoms with Gasteiger partial charge in [-0.1, -0.05) is 48.0 Å². The molecule has 8 nitrogen and oxygen atoms in total. The van der Waals surface area contributed by atoms with Crippen molar-refractivity contribution in [3.8, 4) is 17.3 Å². The number of amidine groups is 1. The monoisotopic (exact) mass is 550 g/mol. The van der Waals surface area contributed by atoms with Crippen LogP contribution in [0.3, 0.4) is 0 Å². The number of aliphatic imine (C=N–C) groups is 1. The molecule has 40 heavy (non-hydrogen) atoms. The molecule has 4 aromatic rings. The topological polar surface area (TPSA) is 87.0 Å². The lowest BCUT2D eigenvalue weighted by molar-refractivity contribution is -0.177. The van der Waals surface area contributed by atoms with Gasteiger partial charge in [0.2, 0.25) is 11.4 Å². The van der Waals surface area contributed by atoms with Crippen molar-refractivity contribution in [3.63, 3.8) is 0 Å². The first-order valence-electron chi connectivity index (χ1n) is 12.4. The Morgan fingerprint density at radius 2 is 1.70 bits per heavy atom. The largest absolute Gasteiger partial charge is 0.497 e. The molecule has 11 heteroatoms. The Labute approximate surface area is 228 Å². The Morgan fingerprint density at radius 3 is 2.30 bits per heavy atom. The van der Waals surface area contributed by atoms with E-state index in [1.54, 1.807) is 61.5 Å². The molecule has 1 N–H and O–H groups in total. The molecule has 1 aliphatic heterocycles. The fourth-order valence-electron chi connectivity index (χ4n) is 4.46. The van der Waals surface area contributed by atoms with Crippen LogP contribution in [0.15, 0.2) is 83.9 Å². The van der Waals surface area contributed by atoms with Crippen molar-refractivity contribution in [1.82, 2.24) is 9.78 Å². The first kappa shape index (κ1) is 26.8. The fourth-order valence-corrected chi connectivity index (χ4v) is 4.46. The van der Waals surface area contributed by atoms with Gasteiger partial charge < -0.3 is 19.5 Å². The summed E-state index contributed by atoms with van der Waals surface area (Å²) in [6, 6.07) is 20.2. The highest BCUT2D eigenvalue weighted by molar-refractivity contribution is 5.96. The predicted octanol–water partition coefficient (Wildman–Crippen LogP) is 6.03. The van der Waals surface area contributed by atoms with Gasteiger partial charge in [-0.15, -0.1) is 0 Å². The molecule has 0 bridgehead atoms. The third-order valence-corrected chi connectivity index (χ3v) is 6.36. The number of halogens is 3. The molecule has 0 amide bonds. The maximum absolute atomic E-state index is 15.5. The zero-order valence-corrected chi connectivity index (χ0v) is 21.8. The van der Waals surface area contributed by atoms with E-state index in [-0.39, 0.29) is 18.1 Å². The van der Waals surface area contributed by atoms with Crippen LogP contribution in [0.1, 0.15) is 34.1 Å². The Hall–Kier alpha value is -4.80. The van der Waals surface area contributed by atoms with Crippen LogP contribution in [0.2, 0.25) is 0 Å². The molecule has 1 aliphatic rings. The summed E-state index contributed by atoms with van der Waals surface area (Å²) in [5.41, 5.74) is -2.72. The molecule has 0 fully saturated rings. The number of hydrogen-bond donors (Lipinski definition) is 1. The van der Waals surface area contributed by atoms with E-state index in [9.17, 15) is 4.79 Å². The van der Waals surface area contributed by atoms with Gasteiger partial charge in [0.05, 0.1) is 25.0 Å². The zero-order chi connectivity index (χ0) is 28.5. The van der Waals surface area contributed by atoms with E-state index in [4.69, 9.17) is 14.2 Å². The van der Waals surface area contributed by atoms with E-state index in [1.807, 2.05) is 6.92 Å². The van der Waals surface area contributed by atoms with Crippen molar-refractivity contribution in [1.29, 1.82) is 0 Å². The molecule has 1 unspecified atom stereocenters. The molecule has 0 saturated heterocycles. The Balaban J connectivity index is 1.83. The summed E-state index contributed by atoms with van der Waals surface area (Å²) in [4.78, 5) is 17.2. The first-order chi connectivity index (χ1) is 19.2. The van der Waals surface area contributed by atoms with Gasteiger partial charge in [0, 0.05) is 5.69 Å². The predicted molar refractivity (Wildman–Crippen MR) is 142 cm³/mol. The molecular weight excluding hydrogens is 525 g/mol. The summed E-state index contributed by atoms with van der Waals surface area (Å²) in [6.45, 7) is 3.37. The summed E-state index contributed by atoms with van der Waals surface area (Å²) in [5, 5.41) is 7.15. The van der Waals surface area contributed by atoms with E-state index in [2.05, 4.69) is 15.4 Å². The number of anilines is 1. The van der Waals surface area contributed by atoms with Crippen LogP contribution in [-0.4, -0.2) is 41.7 Å². The minimum Gasteiger partial charge on any atom is -0.497 e. The van der Waals surface area contributed by atoms with Crippen molar-refractivity contribution in [2.75, 3.05) is 19.0 Å². The zero-order valence-electron chi connectivity index (χ0n) is 21.8. The van der Waals surface area contributed by atoms with Crippen LogP contribution < -0.4 is 14.8 Å². The Kier molecular flexibility index (Phi) is 6.97. The third kappa shape index (κ3) is 4.63. The lowest BCUT2D eigenvalue weighted by Gasteiger charge is -2.36. The molecule has 2 heterocycles. The maximum Gasteiger partial charge on any atom is 0.422 e. The molecule has 5 rings (SSSR count). The molecule has 206 valence electrons. The summed E-state index contributed by atoms with van der Waals surface area (Å²) in [7, 11) is 1.41. The van der Waals surface area contributed by atoms with E-state index in [0.717, 1.165) is 10.2 Å². The molecule has 3 aromatic carbocycles. The number of ether oxygens (including phenoxy) is 3. The average molecular weight is 551 g/mol. The number of aromatic nitrogens is 2. The summed E-state index contributed by atoms with van der Waals surface area (Å²) in [6.07, 6.45) is -5.05. The number of carbonyl (C=O) groups excluding carboxylic acids is 1. The van der Waals surface area contributed by atoms with Crippen LogP contribution in [0.4, 0.5) is 18.9 Å². The second kappa shape index (κ2) is 10.4. The van der Waals surface area contributed by atoms with E-state index < -0.39 is 35.0 Å². The van der Waals surface area contributed by atoms with Gasteiger partial charge in [0.15, 0.2) is 5.69 Å². The Bertz CT molecular complexity index is 1550. The van der Waals surface area contributed by atoms with Crippen LogP contribution in [-0.2, 0) is 10.3 Å². The molecule has 0 spiro atoms. The Morgan fingerprint density at radius 1 is 1.02 bits per heavy atom. The summed E-state index contributed by atoms with van der Waals surface area (Å²) < 4.78 is 64.0. The summed E-state index contributed by atoms with van der Waals surface area (Å²) >= 11 is 0. The van der Waals surface area contributed by atoms with Crippen molar-refractivity contribution < 1.29 is 32.2 Å². The maximum atomic E-state index is 15.5. The molecule has 1 atom stereocenters. The number of esters is 1. The molecule has 0 radical (unpaired) electrons. The SMILES string of the molecule is CCOC(=O)c1nn(-c2ccccc2)c2c1C(c1ccc(OC)cc1)(C(F)(F)F)N=C(Nc1ccc(C)cc1)O2. The molecule has 0 saturated carbocycles. The number of para-hydroxylation sites is 1. The van der Waals surface area contributed by atoms with Gasteiger partial charge in [-0.3, -0.25) is 0 Å².